The van der Waals surface area contributed by atoms with Crippen LogP contribution in [0, 0.1) is 0 Å². The first kappa shape index (κ1) is 15.6. The lowest BCUT2D eigenvalue weighted by Gasteiger charge is -2.10. The summed E-state index contributed by atoms with van der Waals surface area (Å²) in [6, 6.07) is 15.2. The van der Waals surface area contributed by atoms with Crippen LogP contribution in [0.15, 0.2) is 54.6 Å². The fraction of sp³-hybridized carbons (Fsp3) is 0. The highest BCUT2D eigenvalue weighted by Crippen LogP contribution is 2.09. The van der Waals surface area contributed by atoms with E-state index in [1.807, 2.05) is 11.5 Å². The predicted octanol–water partition coefficient (Wildman–Crippen LogP) is 1.42. The largest absolute Gasteiger partial charge is 0.332 e. The quantitative estimate of drug-likeness (QED) is 0.297. The second kappa shape index (κ2) is 7.30. The van der Waals surface area contributed by atoms with Gasteiger partial charge in [0.2, 0.25) is 0 Å². The van der Waals surface area contributed by atoms with Gasteiger partial charge in [-0.1, -0.05) is 18.2 Å². The topological polar surface area (TPSA) is 96.2 Å². The van der Waals surface area contributed by atoms with Gasteiger partial charge in [-0.3, -0.25) is 20.3 Å². The Bertz CT molecular complexity index is 686. The lowest BCUT2D eigenvalue weighted by atomic mass is 10.2. The molecule has 112 valence electrons. The van der Waals surface area contributed by atoms with E-state index >= 15 is 0 Å². The molecule has 0 fully saturated rings. The highest BCUT2D eigenvalue weighted by Gasteiger charge is 2.08. The SMILES string of the molecule is NNC(=O)c1ccc(NC(=S)NC(=O)c2ccccc2)cc1. The van der Waals surface area contributed by atoms with Crippen molar-refractivity contribution in [1.82, 2.24) is 10.7 Å². The van der Waals surface area contributed by atoms with Crippen molar-refractivity contribution in [3.8, 4) is 0 Å². The molecule has 2 aromatic rings. The van der Waals surface area contributed by atoms with Crippen molar-refractivity contribution in [3.05, 3.63) is 65.7 Å². The average molecular weight is 314 g/mol. The van der Waals surface area contributed by atoms with Crippen molar-refractivity contribution in [2.45, 2.75) is 0 Å². The summed E-state index contributed by atoms with van der Waals surface area (Å²) in [5, 5.41) is 5.61. The molecule has 7 heteroatoms. The zero-order valence-electron chi connectivity index (χ0n) is 11.5. The zero-order valence-corrected chi connectivity index (χ0v) is 12.3. The van der Waals surface area contributed by atoms with Gasteiger partial charge in [0.15, 0.2) is 5.11 Å². The van der Waals surface area contributed by atoms with Gasteiger partial charge in [0.05, 0.1) is 0 Å². The summed E-state index contributed by atoms with van der Waals surface area (Å²) < 4.78 is 0. The molecule has 0 saturated carbocycles. The van der Waals surface area contributed by atoms with Gasteiger partial charge in [0, 0.05) is 16.8 Å². The highest BCUT2D eigenvalue weighted by atomic mass is 32.1. The van der Waals surface area contributed by atoms with Gasteiger partial charge in [0.25, 0.3) is 11.8 Å². The number of amides is 2. The zero-order chi connectivity index (χ0) is 15.9. The van der Waals surface area contributed by atoms with Crippen LogP contribution < -0.4 is 21.9 Å². The van der Waals surface area contributed by atoms with E-state index in [-0.39, 0.29) is 16.9 Å². The minimum atomic E-state index is -0.383. The van der Waals surface area contributed by atoms with E-state index in [0.717, 1.165) is 0 Å². The van der Waals surface area contributed by atoms with Crippen LogP contribution in [-0.2, 0) is 0 Å². The van der Waals surface area contributed by atoms with E-state index in [9.17, 15) is 9.59 Å². The van der Waals surface area contributed by atoms with Crippen molar-refractivity contribution in [2.24, 2.45) is 5.84 Å². The summed E-state index contributed by atoms with van der Waals surface area (Å²) in [5.74, 6) is 4.37. The average Bonchev–Trinajstić information content (AvgIpc) is 2.55. The first-order chi connectivity index (χ1) is 10.6. The molecule has 0 bridgehead atoms. The van der Waals surface area contributed by atoms with Crippen LogP contribution in [0.5, 0.6) is 0 Å². The number of thiocarbonyl (C=S) groups is 1. The molecule has 0 aliphatic rings. The molecule has 2 aromatic carbocycles. The van der Waals surface area contributed by atoms with Crippen molar-refractivity contribution in [1.29, 1.82) is 0 Å². The van der Waals surface area contributed by atoms with E-state index in [4.69, 9.17) is 18.1 Å². The molecule has 0 atom stereocenters. The van der Waals surface area contributed by atoms with Crippen LogP contribution >= 0.6 is 12.2 Å². The molecule has 5 N–H and O–H groups in total. The molecular weight excluding hydrogens is 300 g/mol. The first-order valence-corrected chi connectivity index (χ1v) is 6.79. The summed E-state index contributed by atoms with van der Waals surface area (Å²) in [6.07, 6.45) is 0. The third kappa shape index (κ3) is 4.11. The van der Waals surface area contributed by atoms with Gasteiger partial charge in [-0.05, 0) is 48.6 Å². The molecule has 6 nitrogen and oxygen atoms in total. The smallest absolute Gasteiger partial charge is 0.265 e. The van der Waals surface area contributed by atoms with Crippen molar-refractivity contribution >= 4 is 34.8 Å². The number of nitrogens with two attached hydrogens (primary N) is 1. The van der Waals surface area contributed by atoms with Gasteiger partial charge in [-0.15, -0.1) is 0 Å². The van der Waals surface area contributed by atoms with E-state index in [2.05, 4.69) is 10.6 Å². The third-order valence-corrected chi connectivity index (χ3v) is 3.00. The monoisotopic (exact) mass is 314 g/mol. The summed E-state index contributed by atoms with van der Waals surface area (Å²) in [6.45, 7) is 0. The maximum atomic E-state index is 11.9. The van der Waals surface area contributed by atoms with Crippen molar-refractivity contribution in [3.63, 3.8) is 0 Å². The predicted molar refractivity (Wildman–Crippen MR) is 88.2 cm³/mol. The fourth-order valence-electron chi connectivity index (χ4n) is 1.72. The van der Waals surface area contributed by atoms with Crippen LogP contribution in [0.2, 0.25) is 0 Å². The molecule has 2 amide bonds. The number of benzene rings is 2. The maximum Gasteiger partial charge on any atom is 0.265 e. The number of hydrazine groups is 1. The molecule has 22 heavy (non-hydrogen) atoms. The lowest BCUT2D eigenvalue weighted by Crippen LogP contribution is -2.34. The maximum absolute atomic E-state index is 11.9. The summed E-state index contributed by atoms with van der Waals surface area (Å²) in [5.41, 5.74) is 3.63. The second-order valence-corrected chi connectivity index (χ2v) is 4.73. The number of nitrogen functional groups attached to an aromatic ring is 1. The Balaban J connectivity index is 1.95. The summed E-state index contributed by atoms with van der Waals surface area (Å²) in [4.78, 5) is 23.2. The van der Waals surface area contributed by atoms with Crippen LogP contribution in [0.25, 0.3) is 0 Å². The number of carbonyl (C=O) groups excluding carboxylic acids is 2. The Morgan fingerprint density at radius 2 is 1.45 bits per heavy atom. The highest BCUT2D eigenvalue weighted by molar-refractivity contribution is 7.80. The number of hydrogen-bond donors (Lipinski definition) is 4. The Morgan fingerprint density at radius 1 is 0.864 bits per heavy atom. The van der Waals surface area contributed by atoms with Gasteiger partial charge in [-0.2, -0.15) is 0 Å². The van der Waals surface area contributed by atoms with E-state index in [0.29, 0.717) is 16.8 Å². The van der Waals surface area contributed by atoms with Crippen LogP contribution in [-0.4, -0.2) is 16.9 Å². The second-order valence-electron chi connectivity index (χ2n) is 4.33. The molecule has 0 radical (unpaired) electrons. The molecule has 0 unspecified atom stereocenters. The number of nitrogens with one attached hydrogen (secondary N) is 3. The standard InChI is InChI=1S/C15H14N4O2S/c16-19-14(21)11-6-8-12(9-7-11)17-15(22)18-13(20)10-4-2-1-3-5-10/h1-9H,16H2,(H,19,21)(H2,17,18,20,22). The number of carbonyl (C=O) groups is 2. The minimum Gasteiger partial charge on any atom is -0.332 e. The minimum absolute atomic E-state index is 0.171. The molecule has 0 heterocycles. The molecule has 0 aromatic heterocycles. The van der Waals surface area contributed by atoms with E-state index in [1.165, 1.54) is 0 Å². The Kier molecular flexibility index (Phi) is 5.18. The summed E-state index contributed by atoms with van der Waals surface area (Å²) in [7, 11) is 0. The van der Waals surface area contributed by atoms with Crippen molar-refractivity contribution in [2.75, 3.05) is 5.32 Å². The third-order valence-electron chi connectivity index (χ3n) is 2.80. The first-order valence-electron chi connectivity index (χ1n) is 6.38. The van der Waals surface area contributed by atoms with Gasteiger partial charge >= 0.3 is 0 Å². The fourth-order valence-corrected chi connectivity index (χ4v) is 1.93. The number of rotatable bonds is 3. The van der Waals surface area contributed by atoms with Crippen molar-refractivity contribution < 1.29 is 9.59 Å². The van der Waals surface area contributed by atoms with E-state index in [1.54, 1.807) is 48.5 Å². The van der Waals surface area contributed by atoms with E-state index < -0.39 is 0 Å². The normalized spacial score (nSPS) is 9.68. The Labute approximate surface area is 132 Å². The Hall–Kier alpha value is -2.77. The molecule has 2 rings (SSSR count). The van der Waals surface area contributed by atoms with Gasteiger partial charge in [0.1, 0.15) is 0 Å². The molecule has 0 spiro atoms. The molecular formula is C15H14N4O2S. The van der Waals surface area contributed by atoms with Crippen LogP contribution in [0.1, 0.15) is 20.7 Å². The van der Waals surface area contributed by atoms with Crippen LogP contribution in [0.4, 0.5) is 5.69 Å². The van der Waals surface area contributed by atoms with Gasteiger partial charge < -0.3 is 5.32 Å². The molecule has 0 saturated heterocycles. The Morgan fingerprint density at radius 3 is 2.05 bits per heavy atom. The number of hydrogen-bond acceptors (Lipinski definition) is 4. The van der Waals surface area contributed by atoms with Crippen LogP contribution in [0.3, 0.4) is 0 Å². The van der Waals surface area contributed by atoms with Gasteiger partial charge in [-0.25, -0.2) is 5.84 Å². The molecule has 0 aliphatic heterocycles. The summed E-state index contributed by atoms with van der Waals surface area (Å²) >= 11 is 5.08. The lowest BCUT2D eigenvalue weighted by molar-refractivity contribution is 0.0951. The number of anilines is 1. The molecule has 0 aliphatic carbocycles.